The lowest BCUT2D eigenvalue weighted by Crippen LogP contribution is -2.52. The molecule has 7 heteroatoms. The predicted molar refractivity (Wildman–Crippen MR) is 159 cm³/mol. The minimum absolute atomic E-state index is 0.220. The first-order valence-corrected chi connectivity index (χ1v) is 14.2. The maximum Gasteiger partial charge on any atom is 0.243 e. The number of aryl methyl sites for hydroxylation is 2. The number of rotatable bonds is 15. The number of benzene rings is 3. The Morgan fingerprint density at radius 3 is 2.12 bits per heavy atom. The van der Waals surface area contributed by atoms with Crippen LogP contribution in [0.4, 0.5) is 0 Å². The zero-order valence-electron chi connectivity index (χ0n) is 24.4. The number of methoxy groups -OCH3 is 1. The minimum atomic E-state index is -1.29. The molecule has 0 radical (unpaired) electrons. The molecule has 0 fully saturated rings. The molecule has 0 bridgehead atoms. The van der Waals surface area contributed by atoms with E-state index in [9.17, 15) is 19.5 Å². The fourth-order valence-electron chi connectivity index (χ4n) is 5.16. The van der Waals surface area contributed by atoms with Crippen LogP contribution in [0.15, 0.2) is 78.9 Å². The van der Waals surface area contributed by atoms with E-state index in [2.05, 4.69) is 41.8 Å². The molecule has 41 heavy (non-hydrogen) atoms. The zero-order chi connectivity index (χ0) is 29.8. The Hall–Kier alpha value is -3.97. The molecule has 0 aliphatic heterocycles. The monoisotopic (exact) mass is 557 g/mol. The quantitative estimate of drug-likeness (QED) is 0.288. The Bertz CT molecular complexity index is 1280. The lowest BCUT2D eigenvalue weighted by atomic mass is 9.90. The summed E-state index contributed by atoms with van der Waals surface area (Å²) in [6.45, 7) is 6.03. The Morgan fingerprint density at radius 1 is 0.854 bits per heavy atom. The van der Waals surface area contributed by atoms with E-state index in [4.69, 9.17) is 4.74 Å². The number of aliphatic carboxylic acids is 1. The summed E-state index contributed by atoms with van der Waals surface area (Å²) >= 11 is 0. The average molecular weight is 558 g/mol. The van der Waals surface area contributed by atoms with Crippen molar-refractivity contribution in [1.82, 2.24) is 10.6 Å². The number of hydrogen-bond donors (Lipinski definition) is 2. The minimum Gasteiger partial charge on any atom is -0.550 e. The van der Waals surface area contributed by atoms with Gasteiger partial charge in [0.05, 0.1) is 12.6 Å². The molecule has 3 atom stereocenters. The molecule has 0 aliphatic carbocycles. The number of nitrogens with one attached hydrogen (secondary N) is 2. The highest BCUT2D eigenvalue weighted by molar-refractivity contribution is 5.90. The lowest BCUT2D eigenvalue weighted by Gasteiger charge is -2.27. The standard InChI is InChI=1S/C34H42N2O5/c1-23(2)32(34(40)35-29(22-41-4)25-14-7-5-8-15-25)36-33(39)28(21-30(37)38)20-12-19-27-18-11-13-24(3)31(27)26-16-9-6-10-17-26/h5-11,13-18,23,28-29,32H,12,19-22H2,1-4H3,(H,35,40)(H,36,39)(H,37,38)/p-1. The molecule has 0 spiro atoms. The third kappa shape index (κ3) is 9.29. The first kappa shape index (κ1) is 31.6. The van der Waals surface area contributed by atoms with E-state index in [1.165, 1.54) is 0 Å². The van der Waals surface area contributed by atoms with Crippen molar-refractivity contribution in [1.29, 1.82) is 0 Å². The van der Waals surface area contributed by atoms with Crippen LogP contribution in [0.25, 0.3) is 11.1 Å². The topological polar surface area (TPSA) is 108 Å². The van der Waals surface area contributed by atoms with Gasteiger partial charge in [0.1, 0.15) is 6.04 Å². The highest BCUT2D eigenvalue weighted by Crippen LogP contribution is 2.29. The van der Waals surface area contributed by atoms with Crippen LogP contribution in [-0.4, -0.2) is 37.5 Å². The summed E-state index contributed by atoms with van der Waals surface area (Å²) in [5, 5.41) is 17.4. The fraction of sp³-hybridized carbons (Fsp3) is 0.382. The largest absolute Gasteiger partial charge is 0.550 e. The summed E-state index contributed by atoms with van der Waals surface area (Å²) in [6.07, 6.45) is 1.24. The fourth-order valence-corrected chi connectivity index (χ4v) is 5.16. The normalized spacial score (nSPS) is 13.3. The van der Waals surface area contributed by atoms with Crippen molar-refractivity contribution < 1.29 is 24.2 Å². The molecule has 2 amide bonds. The van der Waals surface area contributed by atoms with Gasteiger partial charge in [-0.05, 0) is 66.3 Å². The van der Waals surface area contributed by atoms with Crippen LogP contribution >= 0.6 is 0 Å². The van der Waals surface area contributed by atoms with Gasteiger partial charge in [-0.2, -0.15) is 0 Å². The van der Waals surface area contributed by atoms with Crippen LogP contribution in [0.3, 0.4) is 0 Å². The van der Waals surface area contributed by atoms with Crippen molar-refractivity contribution in [2.24, 2.45) is 11.8 Å². The van der Waals surface area contributed by atoms with E-state index < -0.39 is 30.3 Å². The van der Waals surface area contributed by atoms with E-state index >= 15 is 0 Å². The van der Waals surface area contributed by atoms with Crippen LogP contribution in [0, 0.1) is 18.8 Å². The van der Waals surface area contributed by atoms with Gasteiger partial charge in [-0.15, -0.1) is 0 Å². The van der Waals surface area contributed by atoms with Crippen molar-refractivity contribution in [3.63, 3.8) is 0 Å². The highest BCUT2D eigenvalue weighted by atomic mass is 16.5. The maximum absolute atomic E-state index is 13.4. The van der Waals surface area contributed by atoms with E-state index in [1.54, 1.807) is 7.11 Å². The van der Waals surface area contributed by atoms with Gasteiger partial charge in [-0.1, -0.05) is 92.7 Å². The van der Waals surface area contributed by atoms with E-state index in [0.717, 1.165) is 27.8 Å². The van der Waals surface area contributed by atoms with Gasteiger partial charge in [0.25, 0.3) is 0 Å². The lowest BCUT2D eigenvalue weighted by molar-refractivity contribution is -0.306. The van der Waals surface area contributed by atoms with Gasteiger partial charge in [-0.3, -0.25) is 9.59 Å². The molecule has 3 aromatic carbocycles. The molecule has 3 unspecified atom stereocenters. The maximum atomic E-state index is 13.4. The van der Waals surface area contributed by atoms with Crippen molar-refractivity contribution in [2.75, 3.05) is 13.7 Å². The molecule has 3 rings (SSSR count). The summed E-state index contributed by atoms with van der Waals surface area (Å²) in [5.41, 5.74) is 5.48. The van der Waals surface area contributed by atoms with Gasteiger partial charge in [0, 0.05) is 19.0 Å². The highest BCUT2D eigenvalue weighted by Gasteiger charge is 2.29. The van der Waals surface area contributed by atoms with Crippen molar-refractivity contribution >= 4 is 17.8 Å². The van der Waals surface area contributed by atoms with Gasteiger partial charge in [-0.25, -0.2) is 0 Å². The SMILES string of the molecule is COCC(NC(=O)C(NC(=O)C(CCCc1cccc(C)c1-c1ccccc1)CC(=O)[O-])C(C)C)c1ccccc1. The molecule has 2 N–H and O–H groups in total. The first-order chi connectivity index (χ1) is 19.7. The molecule has 0 saturated carbocycles. The van der Waals surface area contributed by atoms with Crippen LogP contribution in [-0.2, 0) is 25.5 Å². The third-order valence-electron chi connectivity index (χ3n) is 7.30. The van der Waals surface area contributed by atoms with Crippen molar-refractivity contribution in [3.05, 3.63) is 95.6 Å². The number of amides is 2. The third-order valence-corrected chi connectivity index (χ3v) is 7.30. The van der Waals surface area contributed by atoms with Crippen LogP contribution in [0.2, 0.25) is 0 Å². The van der Waals surface area contributed by atoms with Gasteiger partial charge in [0.15, 0.2) is 0 Å². The number of carbonyl (C=O) groups excluding carboxylic acids is 3. The van der Waals surface area contributed by atoms with E-state index in [0.29, 0.717) is 19.3 Å². The summed E-state index contributed by atoms with van der Waals surface area (Å²) in [6, 6.07) is 24.5. The second kappa shape index (κ2) is 15.7. The predicted octanol–water partition coefficient (Wildman–Crippen LogP) is 4.39. The molecule has 218 valence electrons. The molecule has 0 aliphatic rings. The zero-order valence-corrected chi connectivity index (χ0v) is 24.4. The number of carboxylic acid groups (broad SMARTS) is 1. The number of carbonyl (C=O) groups is 3. The molecule has 7 nitrogen and oxygen atoms in total. The van der Waals surface area contributed by atoms with E-state index in [1.807, 2.05) is 68.4 Å². The smallest absolute Gasteiger partial charge is 0.243 e. The Labute approximate surface area is 243 Å². The van der Waals surface area contributed by atoms with Crippen molar-refractivity contribution in [2.45, 2.75) is 58.5 Å². The summed E-state index contributed by atoms with van der Waals surface area (Å²) < 4.78 is 5.31. The number of carboxylic acids is 1. The summed E-state index contributed by atoms with van der Waals surface area (Å²) in [5.74, 6) is -3.14. The molecule has 0 heterocycles. The van der Waals surface area contributed by atoms with Gasteiger partial charge >= 0.3 is 0 Å². The van der Waals surface area contributed by atoms with Crippen LogP contribution in [0.1, 0.15) is 55.8 Å². The van der Waals surface area contributed by atoms with Crippen molar-refractivity contribution in [3.8, 4) is 11.1 Å². The Morgan fingerprint density at radius 2 is 1.51 bits per heavy atom. The second-order valence-corrected chi connectivity index (χ2v) is 10.8. The number of hydrogen-bond acceptors (Lipinski definition) is 5. The summed E-state index contributed by atoms with van der Waals surface area (Å²) in [7, 11) is 1.56. The second-order valence-electron chi connectivity index (χ2n) is 10.8. The first-order valence-electron chi connectivity index (χ1n) is 14.2. The van der Waals surface area contributed by atoms with Crippen LogP contribution in [0.5, 0.6) is 0 Å². The Balaban J connectivity index is 1.70. The summed E-state index contributed by atoms with van der Waals surface area (Å²) in [4.78, 5) is 38.2. The van der Waals surface area contributed by atoms with Gasteiger partial charge in [0.2, 0.25) is 11.8 Å². The molecular weight excluding hydrogens is 516 g/mol. The number of ether oxygens (including phenoxy) is 1. The Kier molecular flexibility index (Phi) is 12.1. The molecule has 3 aromatic rings. The average Bonchev–Trinajstić information content (AvgIpc) is 2.95. The van der Waals surface area contributed by atoms with Crippen LogP contribution < -0.4 is 15.7 Å². The molecule has 0 saturated heterocycles. The van der Waals surface area contributed by atoms with E-state index in [-0.39, 0.29) is 24.5 Å². The molecular formula is C34H41N2O5-. The van der Waals surface area contributed by atoms with Gasteiger partial charge < -0.3 is 25.3 Å². The molecule has 0 aromatic heterocycles.